The lowest BCUT2D eigenvalue weighted by Crippen LogP contribution is -2.21. The van der Waals surface area contributed by atoms with Crippen molar-refractivity contribution >= 4 is 11.9 Å². The van der Waals surface area contributed by atoms with Crippen molar-refractivity contribution in [3.63, 3.8) is 0 Å². The number of aliphatic imine (C=N–C) groups is 1. The van der Waals surface area contributed by atoms with Gasteiger partial charge in [0.25, 0.3) is 0 Å². The van der Waals surface area contributed by atoms with Gasteiger partial charge < -0.3 is 19.5 Å². The lowest BCUT2D eigenvalue weighted by Gasteiger charge is -2.15. The highest BCUT2D eigenvalue weighted by atomic mass is 19.1. The molecule has 0 spiro atoms. The van der Waals surface area contributed by atoms with Gasteiger partial charge in [-0.1, -0.05) is 31.4 Å². The average molecular weight is 528 g/mol. The minimum atomic E-state index is -0.412. The van der Waals surface area contributed by atoms with Gasteiger partial charge in [0.2, 0.25) is 0 Å². The summed E-state index contributed by atoms with van der Waals surface area (Å²) >= 11 is 0. The molecule has 2 N–H and O–H groups in total. The summed E-state index contributed by atoms with van der Waals surface area (Å²) in [6.07, 6.45) is 12.5. The molecule has 6 nitrogen and oxygen atoms in total. The van der Waals surface area contributed by atoms with E-state index in [0.717, 1.165) is 59.4 Å². The summed E-state index contributed by atoms with van der Waals surface area (Å²) in [5, 5.41) is 11.9. The average Bonchev–Trinajstić information content (AvgIpc) is 3.37. The van der Waals surface area contributed by atoms with Crippen LogP contribution in [0, 0.1) is 5.41 Å². The molecule has 0 unspecified atom stereocenters. The van der Waals surface area contributed by atoms with E-state index in [4.69, 9.17) is 10.1 Å². The van der Waals surface area contributed by atoms with Crippen molar-refractivity contribution in [3.05, 3.63) is 125 Å². The van der Waals surface area contributed by atoms with E-state index < -0.39 is 5.83 Å². The van der Waals surface area contributed by atoms with Crippen LogP contribution < -0.4 is 15.5 Å². The second kappa shape index (κ2) is 14.1. The van der Waals surface area contributed by atoms with E-state index in [2.05, 4.69) is 34.4 Å². The molecular formula is C32H38FN5O. The topological polar surface area (TPSA) is 65.6 Å². The van der Waals surface area contributed by atoms with Gasteiger partial charge in [0.05, 0.1) is 12.3 Å². The number of rotatable bonds is 12. The Balaban J connectivity index is 1.80. The Labute approximate surface area is 231 Å². The highest BCUT2D eigenvalue weighted by molar-refractivity contribution is 5.80. The molecule has 2 aromatic rings. The van der Waals surface area contributed by atoms with Gasteiger partial charge in [-0.3, -0.25) is 5.41 Å². The highest BCUT2D eigenvalue weighted by Gasteiger charge is 2.11. The second-order valence-electron chi connectivity index (χ2n) is 9.69. The molecule has 0 fully saturated rings. The largest absolute Gasteiger partial charge is 0.493 e. The number of ether oxygens (including phenoxy) is 1. The summed E-state index contributed by atoms with van der Waals surface area (Å²) in [6, 6.07) is 10.1. The Bertz CT molecular complexity index is 1420. The maximum Gasteiger partial charge on any atom is 0.129 e. The Morgan fingerprint density at radius 1 is 1.18 bits per heavy atom. The van der Waals surface area contributed by atoms with Crippen molar-refractivity contribution in [2.75, 3.05) is 20.7 Å². The van der Waals surface area contributed by atoms with Crippen LogP contribution in [-0.4, -0.2) is 36.4 Å². The third kappa shape index (κ3) is 8.93. The fraction of sp³-hybridized carbons (Fsp3) is 0.250. The predicted molar refractivity (Wildman–Crippen MR) is 159 cm³/mol. The molecule has 1 aliphatic rings. The van der Waals surface area contributed by atoms with E-state index in [1.807, 2.05) is 70.6 Å². The molecular weight excluding hydrogens is 489 g/mol. The van der Waals surface area contributed by atoms with Crippen LogP contribution in [-0.2, 0) is 19.5 Å². The van der Waals surface area contributed by atoms with E-state index in [1.54, 1.807) is 16.9 Å². The number of hydrogen-bond donors (Lipinski definition) is 2. The van der Waals surface area contributed by atoms with Crippen molar-refractivity contribution in [3.8, 4) is 5.75 Å². The molecule has 0 saturated carbocycles. The van der Waals surface area contributed by atoms with E-state index in [-0.39, 0.29) is 0 Å². The van der Waals surface area contributed by atoms with E-state index in [1.165, 1.54) is 11.6 Å². The molecule has 204 valence electrons. The van der Waals surface area contributed by atoms with Crippen LogP contribution in [0.25, 0.3) is 5.70 Å². The number of allylic oxidation sites excluding steroid dienone is 9. The van der Waals surface area contributed by atoms with Crippen LogP contribution in [0.2, 0.25) is 0 Å². The van der Waals surface area contributed by atoms with Crippen LogP contribution in [0.5, 0.6) is 5.75 Å². The minimum absolute atomic E-state index is 0.344. The first-order valence-corrected chi connectivity index (χ1v) is 12.8. The van der Waals surface area contributed by atoms with Gasteiger partial charge >= 0.3 is 0 Å². The molecule has 7 heteroatoms. The van der Waals surface area contributed by atoms with Crippen molar-refractivity contribution in [1.82, 2.24) is 14.8 Å². The fourth-order valence-electron chi connectivity index (χ4n) is 4.06. The normalized spacial score (nSPS) is 14.5. The smallest absolute Gasteiger partial charge is 0.129 e. The van der Waals surface area contributed by atoms with Gasteiger partial charge in [-0.15, -0.1) is 0 Å². The zero-order valence-electron chi connectivity index (χ0n) is 23.3. The Morgan fingerprint density at radius 3 is 2.69 bits per heavy atom. The van der Waals surface area contributed by atoms with E-state index in [9.17, 15) is 4.39 Å². The fourth-order valence-corrected chi connectivity index (χ4v) is 4.06. The Kier molecular flexibility index (Phi) is 10.6. The molecule has 0 amide bonds. The Hall–Kier alpha value is -4.23. The first-order valence-electron chi connectivity index (χ1n) is 12.8. The van der Waals surface area contributed by atoms with Gasteiger partial charge in [0, 0.05) is 31.9 Å². The van der Waals surface area contributed by atoms with Gasteiger partial charge in [0.15, 0.2) is 0 Å². The maximum absolute atomic E-state index is 13.6. The van der Waals surface area contributed by atoms with Crippen molar-refractivity contribution in [2.45, 2.75) is 33.4 Å². The molecule has 1 aliphatic heterocycles. The lowest BCUT2D eigenvalue weighted by molar-refractivity contribution is 0.357. The lowest BCUT2D eigenvalue weighted by atomic mass is 10.1. The summed E-state index contributed by atoms with van der Waals surface area (Å²) in [7, 11) is 3.99. The van der Waals surface area contributed by atoms with Gasteiger partial charge in [0.1, 0.15) is 22.9 Å². The summed E-state index contributed by atoms with van der Waals surface area (Å²) < 4.78 is 21.0. The molecule has 1 aromatic carbocycles. The van der Waals surface area contributed by atoms with Crippen LogP contribution >= 0.6 is 0 Å². The van der Waals surface area contributed by atoms with Crippen LogP contribution in [0.15, 0.2) is 108 Å². The summed E-state index contributed by atoms with van der Waals surface area (Å²) in [5.74, 6) is 1.10. The number of nitrogens with one attached hydrogen (secondary N) is 2. The van der Waals surface area contributed by atoms with Gasteiger partial charge in [-0.2, -0.15) is 0 Å². The number of pyridine rings is 1. The highest BCUT2D eigenvalue weighted by Crippen LogP contribution is 2.25. The number of hydrogen-bond acceptors (Lipinski definition) is 5. The van der Waals surface area contributed by atoms with E-state index >= 15 is 0 Å². The van der Waals surface area contributed by atoms with Gasteiger partial charge in [-0.25, -0.2) is 9.38 Å². The summed E-state index contributed by atoms with van der Waals surface area (Å²) in [5.41, 5.74) is 6.25. The molecule has 39 heavy (non-hydrogen) atoms. The van der Waals surface area contributed by atoms with Crippen molar-refractivity contribution in [1.29, 1.82) is 5.41 Å². The second-order valence-corrected chi connectivity index (χ2v) is 9.69. The number of benzene rings is 1. The van der Waals surface area contributed by atoms with Crippen molar-refractivity contribution < 1.29 is 9.13 Å². The number of halogens is 1. The standard InChI is InChI=1S/C32H38FN5O/c1-7-29(33)10-8-23(2)18-30(38-16-13-27(20-32(38)34)22-37(5)6)24(3)12-15-35-25(4)36-21-26-9-11-31-28(19-26)14-17-39-31/h7-13,15-16,18-20,34,36H,1,4,14,17,21-22H2,2-3,5-6H3/b23-8+,24-12+,29-10+,30-18+,34-32?,35-15-. The first kappa shape index (κ1) is 29.3. The first-order chi connectivity index (χ1) is 18.7. The number of fused-ring (bicyclic) bond motifs is 1. The molecule has 0 aliphatic carbocycles. The zero-order valence-corrected chi connectivity index (χ0v) is 23.3. The zero-order chi connectivity index (χ0) is 28.4. The molecule has 0 saturated heterocycles. The monoisotopic (exact) mass is 527 g/mol. The Morgan fingerprint density at radius 2 is 1.97 bits per heavy atom. The number of nitrogens with zero attached hydrogens (tertiary/aromatic N) is 3. The maximum atomic E-state index is 13.6. The van der Waals surface area contributed by atoms with Crippen LogP contribution in [0.3, 0.4) is 0 Å². The summed E-state index contributed by atoms with van der Waals surface area (Å²) in [4.78, 5) is 6.50. The SMILES string of the molecule is C=C\C(F)=C/C=C(C)/C=C(\C(C)=C\C=N/C(=C)NCc1ccc2c(c1)CCO2)n1ccc(CN(C)C)cc1=N. The predicted octanol–water partition coefficient (Wildman–Crippen LogP) is 6.07. The molecule has 0 bridgehead atoms. The minimum Gasteiger partial charge on any atom is -0.493 e. The van der Waals surface area contributed by atoms with Crippen LogP contribution in [0.1, 0.15) is 30.5 Å². The quantitative estimate of drug-likeness (QED) is 0.260. The summed E-state index contributed by atoms with van der Waals surface area (Å²) in [6.45, 7) is 13.4. The van der Waals surface area contributed by atoms with E-state index in [0.29, 0.717) is 17.9 Å². The van der Waals surface area contributed by atoms with Crippen molar-refractivity contribution in [2.24, 2.45) is 4.99 Å². The number of aromatic nitrogens is 1. The molecule has 0 radical (unpaired) electrons. The molecule has 1 aromatic heterocycles. The van der Waals surface area contributed by atoms with Crippen LogP contribution in [0.4, 0.5) is 4.39 Å². The third-order valence-corrected chi connectivity index (χ3v) is 6.05. The third-order valence-electron chi connectivity index (χ3n) is 6.05. The molecule has 3 rings (SSSR count). The molecule has 0 atom stereocenters. The molecule has 2 heterocycles. The van der Waals surface area contributed by atoms with Gasteiger partial charge in [-0.05, 0) is 98.3 Å².